The largest absolute Gasteiger partial charge is 0.480 e. The Kier molecular flexibility index (Phi) is 5.58. The van der Waals surface area contributed by atoms with E-state index in [-0.39, 0.29) is 0 Å². The van der Waals surface area contributed by atoms with Crippen LogP contribution >= 0.6 is 11.8 Å². The van der Waals surface area contributed by atoms with Crippen molar-refractivity contribution in [3.8, 4) is 0 Å². The Labute approximate surface area is 128 Å². The van der Waals surface area contributed by atoms with Crippen molar-refractivity contribution >= 4 is 17.7 Å². The van der Waals surface area contributed by atoms with Crippen molar-refractivity contribution < 1.29 is 9.90 Å². The molecular weight excluding hydrogens is 290 g/mol. The molecule has 1 saturated carbocycles. The third-order valence-electron chi connectivity index (χ3n) is 3.86. The predicted molar refractivity (Wildman–Crippen MR) is 80.4 cm³/mol. The molecular formula is C13H23N5O2S. The lowest BCUT2D eigenvalue weighted by Gasteiger charge is -2.29. The number of likely N-dealkylation sites (N-methyl/N-ethyl adjacent to an activating group) is 1. The van der Waals surface area contributed by atoms with Crippen molar-refractivity contribution in [1.82, 2.24) is 25.5 Å². The van der Waals surface area contributed by atoms with E-state index in [1.807, 2.05) is 18.5 Å². The lowest BCUT2D eigenvalue weighted by Crippen LogP contribution is -2.51. The minimum Gasteiger partial charge on any atom is -0.480 e. The number of thioether (sulfide) groups is 1. The summed E-state index contributed by atoms with van der Waals surface area (Å²) in [5, 5.41) is 25.2. The molecule has 0 radical (unpaired) electrons. The predicted octanol–water partition coefficient (Wildman–Crippen LogP) is 1.72. The van der Waals surface area contributed by atoms with E-state index in [0.29, 0.717) is 25.4 Å². The van der Waals surface area contributed by atoms with Crippen LogP contribution in [0, 0.1) is 0 Å². The smallest absolute Gasteiger partial charge is 0.323 e. The van der Waals surface area contributed by atoms with Crippen LogP contribution < -0.4 is 5.32 Å². The molecule has 1 unspecified atom stereocenters. The number of carbonyl (C=O) groups is 1. The topological polar surface area (TPSA) is 92.9 Å². The second kappa shape index (κ2) is 7.22. The van der Waals surface area contributed by atoms with Crippen molar-refractivity contribution in [3.05, 3.63) is 0 Å². The molecule has 0 amide bonds. The fourth-order valence-electron chi connectivity index (χ4n) is 2.43. The fraction of sp³-hybridized carbons (Fsp3) is 0.846. The van der Waals surface area contributed by atoms with Crippen molar-refractivity contribution in [2.45, 2.75) is 62.7 Å². The highest BCUT2D eigenvalue weighted by molar-refractivity contribution is 7.99. The summed E-state index contributed by atoms with van der Waals surface area (Å²) in [6.07, 6.45) is 4.31. The van der Waals surface area contributed by atoms with Crippen molar-refractivity contribution in [2.75, 3.05) is 12.3 Å². The van der Waals surface area contributed by atoms with Gasteiger partial charge >= 0.3 is 5.97 Å². The number of carboxylic acids is 1. The fourth-order valence-corrected chi connectivity index (χ4v) is 3.31. The SMILES string of the molecule is CCNC(CC)(CCCSc1nnnn1C1CC1)C(=O)O. The molecule has 0 bridgehead atoms. The van der Waals surface area contributed by atoms with Crippen LogP contribution in [0.1, 0.15) is 52.0 Å². The van der Waals surface area contributed by atoms with Gasteiger partial charge in [-0.2, -0.15) is 0 Å². The zero-order valence-electron chi connectivity index (χ0n) is 12.6. The van der Waals surface area contributed by atoms with E-state index >= 15 is 0 Å². The number of nitrogens with one attached hydrogen (secondary N) is 1. The van der Waals surface area contributed by atoms with Crippen molar-refractivity contribution in [1.29, 1.82) is 0 Å². The minimum atomic E-state index is -0.808. The standard InChI is InChI=1S/C13H23N5O2S/c1-3-13(11(19)20,14-4-2)8-5-9-21-12-15-16-17-18(12)10-6-7-10/h10,14H,3-9H2,1-2H3,(H,19,20). The molecule has 1 fully saturated rings. The van der Waals surface area contributed by atoms with Gasteiger partial charge in [0.1, 0.15) is 5.54 Å². The van der Waals surface area contributed by atoms with Gasteiger partial charge < -0.3 is 10.4 Å². The highest BCUT2D eigenvalue weighted by Gasteiger charge is 2.35. The number of carboxylic acid groups (broad SMARTS) is 1. The van der Waals surface area contributed by atoms with Gasteiger partial charge in [0.05, 0.1) is 6.04 Å². The molecule has 0 saturated heterocycles. The number of aromatic nitrogens is 4. The number of hydrogen-bond donors (Lipinski definition) is 2. The summed E-state index contributed by atoms with van der Waals surface area (Å²) in [5.41, 5.74) is -0.808. The molecule has 0 aromatic carbocycles. The van der Waals surface area contributed by atoms with Gasteiger partial charge in [-0.25, -0.2) is 4.68 Å². The van der Waals surface area contributed by atoms with E-state index in [2.05, 4.69) is 20.8 Å². The summed E-state index contributed by atoms with van der Waals surface area (Å²) < 4.78 is 1.89. The highest BCUT2D eigenvalue weighted by Crippen LogP contribution is 2.36. The Hall–Kier alpha value is -1.15. The summed E-state index contributed by atoms with van der Waals surface area (Å²) in [4.78, 5) is 11.5. The summed E-state index contributed by atoms with van der Waals surface area (Å²) in [5.74, 6) is 0.0627. The zero-order valence-corrected chi connectivity index (χ0v) is 13.4. The van der Waals surface area contributed by atoms with Crippen molar-refractivity contribution in [2.24, 2.45) is 0 Å². The van der Waals surface area contributed by atoms with Crippen LogP contribution in [-0.4, -0.2) is 49.1 Å². The summed E-state index contributed by atoms with van der Waals surface area (Å²) in [6, 6.07) is 0.470. The quantitative estimate of drug-likeness (QED) is 0.502. The minimum absolute atomic E-state index is 0.470. The van der Waals surface area contributed by atoms with E-state index in [9.17, 15) is 9.90 Å². The van der Waals surface area contributed by atoms with E-state index in [0.717, 1.165) is 30.2 Å². The molecule has 21 heavy (non-hydrogen) atoms. The van der Waals surface area contributed by atoms with Crippen LogP contribution in [-0.2, 0) is 4.79 Å². The number of rotatable bonds is 10. The van der Waals surface area contributed by atoms with Gasteiger partial charge in [0, 0.05) is 5.75 Å². The summed E-state index contributed by atoms with van der Waals surface area (Å²) in [7, 11) is 0. The number of hydrogen-bond acceptors (Lipinski definition) is 6. The van der Waals surface area contributed by atoms with Gasteiger partial charge in [-0.05, 0) is 49.1 Å². The molecule has 0 aliphatic heterocycles. The van der Waals surface area contributed by atoms with E-state index in [4.69, 9.17) is 0 Å². The second-order valence-corrected chi connectivity index (χ2v) is 6.42. The molecule has 1 heterocycles. The Balaban J connectivity index is 1.82. The first kappa shape index (κ1) is 16.2. The van der Waals surface area contributed by atoms with Crippen LogP contribution in [0.4, 0.5) is 0 Å². The van der Waals surface area contributed by atoms with Gasteiger partial charge in [-0.1, -0.05) is 25.6 Å². The van der Waals surface area contributed by atoms with Gasteiger partial charge in [0.2, 0.25) is 5.16 Å². The Morgan fingerprint density at radius 1 is 1.52 bits per heavy atom. The average molecular weight is 313 g/mol. The zero-order chi connectivity index (χ0) is 15.3. The maximum absolute atomic E-state index is 11.5. The normalized spacial score (nSPS) is 17.6. The third-order valence-corrected chi connectivity index (χ3v) is 4.88. The first-order chi connectivity index (χ1) is 10.1. The first-order valence-electron chi connectivity index (χ1n) is 7.52. The Morgan fingerprint density at radius 3 is 2.86 bits per heavy atom. The van der Waals surface area contributed by atoms with E-state index < -0.39 is 11.5 Å². The average Bonchev–Trinajstić information content (AvgIpc) is 3.21. The molecule has 118 valence electrons. The number of tetrazole rings is 1. The number of aliphatic carboxylic acids is 1. The molecule has 1 atom stereocenters. The lowest BCUT2D eigenvalue weighted by molar-refractivity contribution is -0.145. The van der Waals surface area contributed by atoms with Crippen LogP contribution in [0.25, 0.3) is 0 Å². The van der Waals surface area contributed by atoms with Crippen LogP contribution in [0.3, 0.4) is 0 Å². The summed E-state index contributed by atoms with van der Waals surface area (Å²) >= 11 is 1.61. The van der Waals surface area contributed by atoms with Gasteiger partial charge in [0.15, 0.2) is 0 Å². The van der Waals surface area contributed by atoms with E-state index in [1.165, 1.54) is 0 Å². The highest BCUT2D eigenvalue weighted by atomic mass is 32.2. The van der Waals surface area contributed by atoms with Crippen LogP contribution in [0.2, 0.25) is 0 Å². The molecule has 8 heteroatoms. The molecule has 1 aromatic rings. The van der Waals surface area contributed by atoms with E-state index in [1.54, 1.807) is 11.8 Å². The molecule has 0 spiro atoms. The van der Waals surface area contributed by atoms with Gasteiger partial charge in [-0.3, -0.25) is 4.79 Å². The van der Waals surface area contributed by atoms with Crippen molar-refractivity contribution in [3.63, 3.8) is 0 Å². The first-order valence-corrected chi connectivity index (χ1v) is 8.50. The molecule has 1 aromatic heterocycles. The number of nitrogens with zero attached hydrogens (tertiary/aromatic N) is 4. The van der Waals surface area contributed by atoms with Crippen LogP contribution in [0.5, 0.6) is 0 Å². The maximum Gasteiger partial charge on any atom is 0.323 e. The molecule has 1 aliphatic rings. The Bertz CT molecular complexity index is 477. The molecule has 1 aliphatic carbocycles. The van der Waals surface area contributed by atoms with Gasteiger partial charge in [0.25, 0.3) is 0 Å². The monoisotopic (exact) mass is 313 g/mol. The molecule has 2 rings (SSSR count). The Morgan fingerprint density at radius 2 is 2.29 bits per heavy atom. The second-order valence-electron chi connectivity index (χ2n) is 5.36. The van der Waals surface area contributed by atoms with Gasteiger partial charge in [-0.15, -0.1) is 5.10 Å². The maximum atomic E-state index is 11.5. The summed E-state index contributed by atoms with van der Waals surface area (Å²) in [6.45, 7) is 4.51. The molecule has 2 N–H and O–H groups in total. The van der Waals surface area contributed by atoms with Crippen LogP contribution in [0.15, 0.2) is 5.16 Å². The lowest BCUT2D eigenvalue weighted by atomic mass is 9.91. The molecule has 7 nitrogen and oxygen atoms in total. The third kappa shape index (κ3) is 3.94.